The van der Waals surface area contributed by atoms with Crippen LogP contribution in [0.25, 0.3) is 0 Å². The van der Waals surface area contributed by atoms with E-state index >= 15 is 0 Å². The molecular weight excluding hydrogens is 222 g/mol. The fourth-order valence-corrected chi connectivity index (χ4v) is 3.02. The first-order chi connectivity index (χ1) is 7.38. The maximum absolute atomic E-state index is 4.31. The summed E-state index contributed by atoms with van der Waals surface area (Å²) in [6.45, 7) is 3.56. The first kappa shape index (κ1) is 11.4. The Labute approximate surface area is 102 Å². The topological polar surface area (TPSA) is 3.24 Å². The van der Waals surface area contributed by atoms with Gasteiger partial charge in [-0.25, -0.2) is 0 Å². The Balaban J connectivity index is 1.96. The van der Waals surface area contributed by atoms with Crippen LogP contribution in [0.5, 0.6) is 0 Å². The molecule has 0 saturated carbocycles. The van der Waals surface area contributed by atoms with Crippen molar-refractivity contribution in [1.29, 1.82) is 0 Å². The minimum atomic E-state index is 0.837. The summed E-state index contributed by atoms with van der Waals surface area (Å²) in [6, 6.07) is 8.77. The van der Waals surface area contributed by atoms with Crippen molar-refractivity contribution < 1.29 is 0 Å². The third kappa shape index (κ3) is 3.44. The molecule has 1 nitrogen and oxygen atoms in total. The van der Waals surface area contributed by atoms with Crippen LogP contribution in [0.3, 0.4) is 0 Å². The minimum absolute atomic E-state index is 0.837. The van der Waals surface area contributed by atoms with Gasteiger partial charge in [0, 0.05) is 36.9 Å². The average Bonchev–Trinajstić information content (AvgIpc) is 2.31. The Morgan fingerprint density at radius 2 is 1.93 bits per heavy atom. The molecule has 0 N–H and O–H groups in total. The molecule has 0 spiro atoms. The van der Waals surface area contributed by atoms with E-state index in [1.165, 1.54) is 35.7 Å². The zero-order valence-corrected chi connectivity index (χ0v) is 10.6. The third-order valence-electron chi connectivity index (χ3n) is 2.68. The lowest BCUT2D eigenvalue weighted by molar-refractivity contribution is 0.294. The molecule has 82 valence electrons. The van der Waals surface area contributed by atoms with E-state index in [4.69, 9.17) is 0 Å². The first-order valence-corrected chi connectivity index (χ1v) is 7.16. The SMILES string of the molecule is SCc1cccc(CN2CCSCC2)c1. The molecule has 0 aromatic heterocycles. The average molecular weight is 239 g/mol. The van der Waals surface area contributed by atoms with Gasteiger partial charge in [0.1, 0.15) is 0 Å². The van der Waals surface area contributed by atoms with Crippen molar-refractivity contribution in [3.63, 3.8) is 0 Å². The molecule has 1 saturated heterocycles. The van der Waals surface area contributed by atoms with Crippen LogP contribution in [0.2, 0.25) is 0 Å². The van der Waals surface area contributed by atoms with Crippen molar-refractivity contribution in [3.8, 4) is 0 Å². The standard InChI is InChI=1S/C12H17NS2/c14-10-12-3-1-2-11(8-12)9-13-4-6-15-7-5-13/h1-3,8,14H,4-7,9-10H2. The van der Waals surface area contributed by atoms with Crippen molar-refractivity contribution in [3.05, 3.63) is 35.4 Å². The van der Waals surface area contributed by atoms with E-state index in [0.29, 0.717) is 0 Å². The van der Waals surface area contributed by atoms with Gasteiger partial charge in [0.2, 0.25) is 0 Å². The predicted molar refractivity (Wildman–Crippen MR) is 71.7 cm³/mol. The highest BCUT2D eigenvalue weighted by atomic mass is 32.2. The molecule has 2 rings (SSSR count). The Hall–Kier alpha value is -0.120. The molecular formula is C12H17NS2. The summed E-state index contributed by atoms with van der Waals surface area (Å²) in [4.78, 5) is 2.54. The fraction of sp³-hybridized carbons (Fsp3) is 0.500. The second-order valence-corrected chi connectivity index (χ2v) is 5.41. The molecule has 1 fully saturated rings. The second kappa shape index (κ2) is 5.83. The van der Waals surface area contributed by atoms with Crippen LogP contribution in [-0.4, -0.2) is 29.5 Å². The highest BCUT2D eigenvalue weighted by molar-refractivity contribution is 7.99. The minimum Gasteiger partial charge on any atom is -0.297 e. The van der Waals surface area contributed by atoms with Gasteiger partial charge in [-0.1, -0.05) is 24.3 Å². The molecule has 0 aliphatic carbocycles. The summed E-state index contributed by atoms with van der Waals surface area (Å²) in [5, 5.41) is 0. The molecule has 1 heterocycles. The van der Waals surface area contributed by atoms with E-state index in [-0.39, 0.29) is 0 Å². The third-order valence-corrected chi connectivity index (χ3v) is 3.99. The summed E-state index contributed by atoms with van der Waals surface area (Å²) in [5.41, 5.74) is 2.75. The number of thiol groups is 1. The summed E-state index contributed by atoms with van der Waals surface area (Å²) in [7, 11) is 0. The zero-order chi connectivity index (χ0) is 10.5. The lowest BCUT2D eigenvalue weighted by Crippen LogP contribution is -2.31. The van der Waals surface area contributed by atoms with E-state index in [1.807, 2.05) is 0 Å². The van der Waals surface area contributed by atoms with Crippen LogP contribution < -0.4 is 0 Å². The second-order valence-electron chi connectivity index (χ2n) is 3.87. The van der Waals surface area contributed by atoms with Gasteiger partial charge in [-0.15, -0.1) is 0 Å². The van der Waals surface area contributed by atoms with Crippen LogP contribution in [0.1, 0.15) is 11.1 Å². The lowest BCUT2D eigenvalue weighted by Gasteiger charge is -2.26. The van der Waals surface area contributed by atoms with E-state index < -0.39 is 0 Å². The lowest BCUT2D eigenvalue weighted by atomic mass is 10.1. The highest BCUT2D eigenvalue weighted by Gasteiger charge is 2.10. The van der Waals surface area contributed by atoms with Crippen molar-refractivity contribution in [2.75, 3.05) is 24.6 Å². The van der Waals surface area contributed by atoms with Gasteiger partial charge in [-0.2, -0.15) is 24.4 Å². The zero-order valence-electron chi connectivity index (χ0n) is 8.85. The van der Waals surface area contributed by atoms with Crippen molar-refractivity contribution in [2.45, 2.75) is 12.3 Å². The molecule has 0 amide bonds. The molecule has 0 atom stereocenters. The van der Waals surface area contributed by atoms with Crippen LogP contribution >= 0.6 is 24.4 Å². The Morgan fingerprint density at radius 3 is 2.67 bits per heavy atom. The largest absolute Gasteiger partial charge is 0.297 e. The number of hydrogen-bond donors (Lipinski definition) is 1. The van der Waals surface area contributed by atoms with E-state index in [2.05, 4.69) is 53.6 Å². The first-order valence-electron chi connectivity index (χ1n) is 5.37. The Kier molecular flexibility index (Phi) is 4.42. The van der Waals surface area contributed by atoms with Gasteiger partial charge >= 0.3 is 0 Å². The maximum atomic E-state index is 4.31. The predicted octanol–water partition coefficient (Wildman–Crippen LogP) is 2.67. The number of thioether (sulfide) groups is 1. The van der Waals surface area contributed by atoms with Crippen molar-refractivity contribution >= 4 is 24.4 Å². The molecule has 0 unspecified atom stereocenters. The van der Waals surface area contributed by atoms with Crippen molar-refractivity contribution in [2.24, 2.45) is 0 Å². The number of hydrogen-bond acceptors (Lipinski definition) is 3. The summed E-state index contributed by atoms with van der Waals surface area (Å²) in [5.74, 6) is 3.40. The maximum Gasteiger partial charge on any atom is 0.0234 e. The van der Waals surface area contributed by atoms with Gasteiger partial charge in [-0.3, -0.25) is 4.90 Å². The van der Waals surface area contributed by atoms with Crippen LogP contribution in [0.15, 0.2) is 24.3 Å². The molecule has 3 heteroatoms. The number of benzene rings is 1. The number of nitrogens with zero attached hydrogens (tertiary/aromatic N) is 1. The fourth-order valence-electron chi connectivity index (χ4n) is 1.84. The Morgan fingerprint density at radius 1 is 1.20 bits per heavy atom. The molecule has 0 bridgehead atoms. The molecule has 1 aliphatic heterocycles. The van der Waals surface area contributed by atoms with E-state index in [0.717, 1.165) is 12.3 Å². The van der Waals surface area contributed by atoms with Gasteiger partial charge in [0.05, 0.1) is 0 Å². The highest BCUT2D eigenvalue weighted by Crippen LogP contribution is 2.14. The summed E-state index contributed by atoms with van der Waals surface area (Å²) < 4.78 is 0. The quantitative estimate of drug-likeness (QED) is 0.808. The molecule has 15 heavy (non-hydrogen) atoms. The molecule has 1 aliphatic rings. The molecule has 1 aromatic carbocycles. The van der Waals surface area contributed by atoms with E-state index in [9.17, 15) is 0 Å². The van der Waals surface area contributed by atoms with Crippen LogP contribution in [0, 0.1) is 0 Å². The summed E-state index contributed by atoms with van der Waals surface area (Å²) >= 11 is 6.37. The van der Waals surface area contributed by atoms with Gasteiger partial charge < -0.3 is 0 Å². The van der Waals surface area contributed by atoms with Gasteiger partial charge in [0.15, 0.2) is 0 Å². The van der Waals surface area contributed by atoms with Crippen molar-refractivity contribution in [1.82, 2.24) is 4.90 Å². The van der Waals surface area contributed by atoms with Crippen LogP contribution in [-0.2, 0) is 12.3 Å². The van der Waals surface area contributed by atoms with E-state index in [1.54, 1.807) is 0 Å². The van der Waals surface area contributed by atoms with Gasteiger partial charge in [0.25, 0.3) is 0 Å². The monoisotopic (exact) mass is 239 g/mol. The number of rotatable bonds is 3. The summed E-state index contributed by atoms with van der Waals surface area (Å²) in [6.07, 6.45) is 0. The molecule has 1 aromatic rings. The van der Waals surface area contributed by atoms with Gasteiger partial charge in [-0.05, 0) is 11.1 Å². The smallest absolute Gasteiger partial charge is 0.0234 e. The van der Waals surface area contributed by atoms with Crippen LogP contribution in [0.4, 0.5) is 0 Å². The Bertz CT molecular complexity index is 308. The molecule has 0 radical (unpaired) electrons. The normalized spacial score (nSPS) is 17.9.